The molecule has 0 spiro atoms. The Hall–Kier alpha value is -2.41. The zero-order valence-corrected chi connectivity index (χ0v) is 14.9. The number of esters is 1. The lowest BCUT2D eigenvalue weighted by molar-refractivity contribution is -0.206. The molecule has 1 heterocycles. The lowest BCUT2D eigenvalue weighted by Gasteiger charge is -2.21. The van der Waals surface area contributed by atoms with E-state index in [1.165, 1.54) is 12.1 Å². The van der Waals surface area contributed by atoms with E-state index in [1.54, 1.807) is 39.1 Å². The lowest BCUT2D eigenvalue weighted by atomic mass is 9.99. The van der Waals surface area contributed by atoms with Gasteiger partial charge in [0.25, 0.3) is 0 Å². The summed E-state index contributed by atoms with van der Waals surface area (Å²) in [5.74, 6) is -0.776. The molecule has 0 saturated heterocycles. The molecule has 0 bridgehead atoms. The third-order valence-electron chi connectivity index (χ3n) is 3.42. The highest BCUT2D eigenvalue weighted by Gasteiger charge is 2.40. The van der Waals surface area contributed by atoms with Crippen LogP contribution in [-0.4, -0.2) is 27.8 Å². The Balaban J connectivity index is 2.55. The number of carbonyl (C=O) groups is 1. The first-order valence-electron chi connectivity index (χ1n) is 7.93. The van der Waals surface area contributed by atoms with Crippen molar-refractivity contribution in [2.45, 2.75) is 45.6 Å². The van der Waals surface area contributed by atoms with E-state index in [-0.39, 0.29) is 11.1 Å². The highest BCUT2D eigenvalue weighted by Crippen LogP contribution is 2.35. The van der Waals surface area contributed by atoms with Gasteiger partial charge in [0.2, 0.25) is 0 Å². The van der Waals surface area contributed by atoms with E-state index in [0.29, 0.717) is 5.69 Å². The van der Waals surface area contributed by atoms with Crippen LogP contribution < -0.4 is 0 Å². The number of pyridine rings is 1. The minimum Gasteiger partial charge on any atom is -0.456 e. The molecule has 0 amide bonds. The monoisotopic (exact) mass is 367 g/mol. The number of alkyl halides is 3. The van der Waals surface area contributed by atoms with E-state index in [2.05, 4.69) is 4.98 Å². The van der Waals surface area contributed by atoms with Crippen LogP contribution in [-0.2, 0) is 4.74 Å². The molecule has 2 aromatic rings. The molecule has 4 nitrogen and oxygen atoms in total. The maximum Gasteiger partial charge on any atom is 0.418 e. The van der Waals surface area contributed by atoms with Crippen molar-refractivity contribution in [3.05, 3.63) is 53.2 Å². The molecule has 1 N–H and O–H groups in total. The Morgan fingerprint density at radius 1 is 1.15 bits per heavy atom. The maximum atomic E-state index is 12.9. The van der Waals surface area contributed by atoms with Gasteiger partial charge in [0.1, 0.15) is 5.60 Å². The van der Waals surface area contributed by atoms with Crippen LogP contribution in [0.5, 0.6) is 0 Å². The smallest absolute Gasteiger partial charge is 0.418 e. The molecule has 140 valence electrons. The largest absolute Gasteiger partial charge is 0.456 e. The van der Waals surface area contributed by atoms with Crippen LogP contribution in [0, 0.1) is 6.92 Å². The molecule has 1 aromatic heterocycles. The number of aliphatic hydroxyl groups is 1. The van der Waals surface area contributed by atoms with Gasteiger partial charge in [-0.05, 0) is 63.1 Å². The topological polar surface area (TPSA) is 59.4 Å². The van der Waals surface area contributed by atoms with Gasteiger partial charge in [-0.1, -0.05) is 6.07 Å². The first-order chi connectivity index (χ1) is 11.9. The predicted octanol–water partition coefficient (Wildman–Crippen LogP) is 4.61. The van der Waals surface area contributed by atoms with Crippen LogP contribution in [0.3, 0.4) is 0 Å². The summed E-state index contributed by atoms with van der Waals surface area (Å²) in [7, 11) is 0. The molecule has 0 fully saturated rings. The van der Waals surface area contributed by atoms with Gasteiger partial charge in [0, 0.05) is 11.8 Å². The zero-order valence-electron chi connectivity index (χ0n) is 14.9. The number of hydrogen-bond acceptors (Lipinski definition) is 4. The SMILES string of the molecule is Cc1ccc(-c2cc(C(=O)OC(C)(C)C)cc(C(O)C(F)(F)F)c2)nc1. The first kappa shape index (κ1) is 19.9. The van der Waals surface area contributed by atoms with E-state index >= 15 is 0 Å². The highest BCUT2D eigenvalue weighted by atomic mass is 19.4. The molecular formula is C19H20F3NO3. The molecular weight excluding hydrogens is 347 g/mol. The number of carbonyl (C=O) groups excluding carboxylic acids is 1. The number of nitrogens with zero attached hydrogens (tertiary/aromatic N) is 1. The lowest BCUT2D eigenvalue weighted by Crippen LogP contribution is -2.24. The van der Waals surface area contributed by atoms with Crippen LogP contribution in [0.4, 0.5) is 13.2 Å². The number of hydrogen-bond donors (Lipinski definition) is 1. The summed E-state index contributed by atoms with van der Waals surface area (Å²) in [4.78, 5) is 16.5. The van der Waals surface area contributed by atoms with Crippen molar-refractivity contribution < 1.29 is 27.8 Å². The van der Waals surface area contributed by atoms with Gasteiger partial charge in [-0.15, -0.1) is 0 Å². The molecule has 2 rings (SSSR count). The number of ether oxygens (including phenoxy) is 1. The van der Waals surface area contributed by atoms with Crippen molar-refractivity contribution in [3.8, 4) is 11.3 Å². The molecule has 1 unspecified atom stereocenters. The predicted molar refractivity (Wildman–Crippen MR) is 90.6 cm³/mol. The number of aromatic nitrogens is 1. The zero-order chi connectivity index (χ0) is 19.7. The summed E-state index contributed by atoms with van der Waals surface area (Å²) in [6, 6.07) is 6.95. The van der Waals surface area contributed by atoms with E-state index < -0.39 is 29.4 Å². The fraction of sp³-hybridized carbons (Fsp3) is 0.368. The van der Waals surface area contributed by atoms with E-state index in [4.69, 9.17) is 4.74 Å². The van der Waals surface area contributed by atoms with Crippen molar-refractivity contribution in [2.24, 2.45) is 0 Å². The molecule has 0 radical (unpaired) electrons. The third kappa shape index (κ3) is 5.05. The summed E-state index contributed by atoms with van der Waals surface area (Å²) in [5, 5.41) is 9.61. The second-order valence-corrected chi connectivity index (χ2v) is 7.01. The number of halogens is 3. The van der Waals surface area contributed by atoms with Gasteiger partial charge in [-0.3, -0.25) is 4.98 Å². The minimum absolute atomic E-state index is 0.0851. The molecule has 26 heavy (non-hydrogen) atoms. The Labute approximate surface area is 149 Å². The fourth-order valence-electron chi connectivity index (χ4n) is 2.24. The Morgan fingerprint density at radius 3 is 2.31 bits per heavy atom. The first-order valence-corrected chi connectivity index (χ1v) is 7.93. The van der Waals surface area contributed by atoms with E-state index in [0.717, 1.165) is 11.6 Å². The van der Waals surface area contributed by atoms with Crippen LogP contribution in [0.25, 0.3) is 11.3 Å². The highest BCUT2D eigenvalue weighted by molar-refractivity contribution is 5.91. The summed E-state index contributed by atoms with van der Waals surface area (Å²) in [6.07, 6.45) is -6.01. The average Bonchev–Trinajstić information content (AvgIpc) is 2.52. The van der Waals surface area contributed by atoms with Gasteiger partial charge in [-0.2, -0.15) is 13.2 Å². The average molecular weight is 367 g/mol. The van der Waals surface area contributed by atoms with Gasteiger partial charge >= 0.3 is 12.1 Å². The fourth-order valence-corrected chi connectivity index (χ4v) is 2.24. The normalized spacial score (nSPS) is 13.4. The Morgan fingerprint density at radius 2 is 1.81 bits per heavy atom. The Kier molecular flexibility index (Phi) is 5.41. The summed E-state index contributed by atoms with van der Waals surface area (Å²) in [6.45, 7) is 6.79. The standard InChI is InChI=1S/C19H20F3NO3/c1-11-5-6-15(23-10-11)12-7-13(16(24)19(20,21)22)9-14(8-12)17(25)26-18(2,3)4/h5-10,16,24H,1-4H3. The Bertz CT molecular complexity index is 793. The summed E-state index contributed by atoms with van der Waals surface area (Å²) in [5.41, 5.74) is 0.213. The summed E-state index contributed by atoms with van der Waals surface area (Å²) >= 11 is 0. The van der Waals surface area contributed by atoms with Gasteiger partial charge < -0.3 is 9.84 Å². The molecule has 0 aliphatic carbocycles. The molecule has 0 saturated carbocycles. The molecule has 1 atom stereocenters. The van der Waals surface area contributed by atoms with Crippen molar-refractivity contribution in [1.82, 2.24) is 4.98 Å². The quantitative estimate of drug-likeness (QED) is 0.805. The summed E-state index contributed by atoms with van der Waals surface area (Å²) < 4.78 is 44.1. The van der Waals surface area contributed by atoms with Crippen molar-refractivity contribution in [3.63, 3.8) is 0 Å². The molecule has 0 aliphatic rings. The third-order valence-corrected chi connectivity index (χ3v) is 3.42. The van der Waals surface area contributed by atoms with Crippen LogP contribution >= 0.6 is 0 Å². The molecule has 0 aliphatic heterocycles. The van der Waals surface area contributed by atoms with Gasteiger partial charge in [-0.25, -0.2) is 4.79 Å². The van der Waals surface area contributed by atoms with Crippen molar-refractivity contribution in [1.29, 1.82) is 0 Å². The maximum absolute atomic E-state index is 12.9. The number of aliphatic hydroxyl groups excluding tert-OH is 1. The van der Waals surface area contributed by atoms with Crippen molar-refractivity contribution >= 4 is 5.97 Å². The minimum atomic E-state index is -4.86. The van der Waals surface area contributed by atoms with Crippen LogP contribution in [0.2, 0.25) is 0 Å². The van der Waals surface area contributed by atoms with E-state index in [9.17, 15) is 23.1 Å². The second-order valence-electron chi connectivity index (χ2n) is 7.01. The van der Waals surface area contributed by atoms with Crippen LogP contribution in [0.15, 0.2) is 36.5 Å². The number of rotatable bonds is 3. The number of benzene rings is 1. The van der Waals surface area contributed by atoms with Gasteiger partial charge in [0.05, 0.1) is 11.3 Å². The van der Waals surface area contributed by atoms with Crippen molar-refractivity contribution in [2.75, 3.05) is 0 Å². The molecule has 7 heteroatoms. The number of aryl methyl sites for hydroxylation is 1. The molecule has 1 aromatic carbocycles. The van der Waals surface area contributed by atoms with Gasteiger partial charge in [0.15, 0.2) is 6.10 Å². The second kappa shape index (κ2) is 7.07. The van der Waals surface area contributed by atoms with Crippen LogP contribution in [0.1, 0.15) is 48.4 Å². The van der Waals surface area contributed by atoms with E-state index in [1.807, 2.05) is 6.92 Å².